The molecular weight excluding hydrogens is 358 g/mol. The minimum atomic E-state index is -0.587. The Kier molecular flexibility index (Phi) is 6.26. The van der Waals surface area contributed by atoms with Gasteiger partial charge in [0.2, 0.25) is 5.75 Å². The molecule has 0 aromatic heterocycles. The lowest BCUT2D eigenvalue weighted by molar-refractivity contribution is -0.384. The number of nitrogens with one attached hydrogen (secondary N) is 2. The number of ether oxygens (including phenoxy) is 4. The quantitative estimate of drug-likeness (QED) is 0.561. The second-order valence-electron chi connectivity index (χ2n) is 5.13. The van der Waals surface area contributed by atoms with Crippen molar-refractivity contribution >= 4 is 23.1 Å². The van der Waals surface area contributed by atoms with E-state index in [0.29, 0.717) is 22.9 Å². The van der Waals surface area contributed by atoms with Gasteiger partial charge in [-0.25, -0.2) is 4.79 Å². The smallest absolute Gasteiger partial charge is 0.323 e. The standard InChI is InChI=1S/C17H19N3O7/c1-24-13-9-11(20(22)23)5-6-12(13)19-17(21)18-10-7-14(25-2)16(27-4)15(8-10)26-3/h5-9H,1-4H3,(H2,18,19,21). The van der Waals surface area contributed by atoms with Crippen LogP contribution in [0, 0.1) is 10.1 Å². The van der Waals surface area contributed by atoms with Crippen molar-refractivity contribution in [3.8, 4) is 23.0 Å². The zero-order valence-corrected chi connectivity index (χ0v) is 15.2. The van der Waals surface area contributed by atoms with Crippen LogP contribution in [0.5, 0.6) is 23.0 Å². The van der Waals surface area contributed by atoms with Crippen molar-refractivity contribution in [1.29, 1.82) is 0 Å². The van der Waals surface area contributed by atoms with Gasteiger partial charge >= 0.3 is 6.03 Å². The van der Waals surface area contributed by atoms with Gasteiger partial charge in [0.1, 0.15) is 5.75 Å². The first-order valence-corrected chi connectivity index (χ1v) is 7.64. The first kappa shape index (κ1) is 19.6. The number of hydrogen-bond acceptors (Lipinski definition) is 7. The van der Waals surface area contributed by atoms with E-state index >= 15 is 0 Å². The van der Waals surface area contributed by atoms with E-state index in [2.05, 4.69) is 10.6 Å². The SMILES string of the molecule is COc1cc([N+](=O)[O-])ccc1NC(=O)Nc1cc(OC)c(OC)c(OC)c1. The molecule has 0 spiro atoms. The van der Waals surface area contributed by atoms with Crippen LogP contribution in [0.4, 0.5) is 21.9 Å². The number of nitrogens with zero attached hydrogens (tertiary/aromatic N) is 1. The summed E-state index contributed by atoms with van der Waals surface area (Å²) in [5.74, 6) is 1.30. The topological polar surface area (TPSA) is 121 Å². The molecular formula is C17H19N3O7. The summed E-state index contributed by atoms with van der Waals surface area (Å²) < 4.78 is 20.8. The highest BCUT2D eigenvalue weighted by Gasteiger charge is 2.16. The summed E-state index contributed by atoms with van der Waals surface area (Å²) in [6, 6.07) is 6.40. The molecule has 0 saturated heterocycles. The van der Waals surface area contributed by atoms with Gasteiger partial charge in [-0.2, -0.15) is 0 Å². The monoisotopic (exact) mass is 377 g/mol. The summed E-state index contributed by atoms with van der Waals surface area (Å²) in [5.41, 5.74) is 0.512. The largest absolute Gasteiger partial charge is 0.494 e. The Labute approximate surface area is 155 Å². The highest BCUT2D eigenvalue weighted by molar-refractivity contribution is 6.01. The number of methoxy groups -OCH3 is 4. The summed E-state index contributed by atoms with van der Waals surface area (Å²) in [5, 5.41) is 16.0. The summed E-state index contributed by atoms with van der Waals surface area (Å²) >= 11 is 0. The van der Waals surface area contributed by atoms with Crippen LogP contribution in [-0.4, -0.2) is 39.4 Å². The van der Waals surface area contributed by atoms with E-state index in [-0.39, 0.29) is 17.1 Å². The Bertz CT molecular complexity index is 829. The van der Waals surface area contributed by atoms with Crippen molar-refractivity contribution in [3.63, 3.8) is 0 Å². The molecule has 2 aromatic rings. The molecule has 0 saturated carbocycles. The molecule has 0 heterocycles. The second-order valence-corrected chi connectivity index (χ2v) is 5.13. The maximum absolute atomic E-state index is 12.3. The Morgan fingerprint density at radius 1 is 0.889 bits per heavy atom. The molecule has 2 rings (SSSR count). The number of amides is 2. The van der Waals surface area contributed by atoms with Crippen molar-refractivity contribution in [3.05, 3.63) is 40.4 Å². The van der Waals surface area contributed by atoms with Gasteiger partial charge in [0.15, 0.2) is 11.5 Å². The van der Waals surface area contributed by atoms with Crippen LogP contribution in [0.25, 0.3) is 0 Å². The van der Waals surface area contributed by atoms with Gasteiger partial charge in [-0.15, -0.1) is 0 Å². The number of urea groups is 1. The third-order valence-electron chi connectivity index (χ3n) is 3.57. The molecule has 144 valence electrons. The first-order valence-electron chi connectivity index (χ1n) is 7.64. The zero-order valence-electron chi connectivity index (χ0n) is 15.2. The summed E-state index contributed by atoms with van der Waals surface area (Å²) in [7, 11) is 5.74. The maximum Gasteiger partial charge on any atom is 0.323 e. The molecule has 0 aliphatic rings. The lowest BCUT2D eigenvalue weighted by Crippen LogP contribution is -2.20. The number of nitro benzene ring substituents is 1. The summed E-state index contributed by atoms with van der Waals surface area (Å²) in [6.07, 6.45) is 0. The third kappa shape index (κ3) is 4.48. The molecule has 2 aromatic carbocycles. The van der Waals surface area contributed by atoms with Crippen molar-refractivity contribution in [2.75, 3.05) is 39.1 Å². The molecule has 27 heavy (non-hydrogen) atoms. The van der Waals surface area contributed by atoms with Crippen molar-refractivity contribution in [2.24, 2.45) is 0 Å². The van der Waals surface area contributed by atoms with Gasteiger partial charge in [0.05, 0.1) is 50.8 Å². The number of hydrogen-bond donors (Lipinski definition) is 2. The minimum Gasteiger partial charge on any atom is -0.494 e. The normalized spacial score (nSPS) is 9.93. The number of carbonyl (C=O) groups is 1. The molecule has 0 radical (unpaired) electrons. The Morgan fingerprint density at radius 2 is 1.48 bits per heavy atom. The minimum absolute atomic E-state index is 0.151. The molecule has 10 heteroatoms. The van der Waals surface area contributed by atoms with Crippen LogP contribution in [0.1, 0.15) is 0 Å². The zero-order chi connectivity index (χ0) is 20.0. The number of benzene rings is 2. The van der Waals surface area contributed by atoms with Crippen molar-refractivity contribution in [1.82, 2.24) is 0 Å². The van der Waals surface area contributed by atoms with Crippen molar-refractivity contribution in [2.45, 2.75) is 0 Å². The van der Waals surface area contributed by atoms with Gasteiger partial charge in [-0.1, -0.05) is 0 Å². The lowest BCUT2D eigenvalue weighted by atomic mass is 10.2. The van der Waals surface area contributed by atoms with Crippen molar-refractivity contribution < 1.29 is 28.7 Å². The molecule has 0 aliphatic heterocycles. The van der Waals surface area contributed by atoms with Gasteiger partial charge in [0.25, 0.3) is 5.69 Å². The number of carbonyl (C=O) groups excluding carboxylic acids is 1. The molecule has 2 N–H and O–H groups in total. The number of anilines is 2. The molecule has 0 bridgehead atoms. The first-order chi connectivity index (χ1) is 12.9. The predicted molar refractivity (Wildman–Crippen MR) is 98.4 cm³/mol. The van der Waals surface area contributed by atoms with Crippen LogP contribution < -0.4 is 29.6 Å². The fraction of sp³-hybridized carbons (Fsp3) is 0.235. The predicted octanol–water partition coefficient (Wildman–Crippen LogP) is 3.27. The van der Waals surface area contributed by atoms with Crippen LogP contribution >= 0.6 is 0 Å². The fourth-order valence-electron chi connectivity index (χ4n) is 2.33. The number of non-ortho nitro benzene ring substituents is 1. The molecule has 0 atom stereocenters. The van der Waals surface area contributed by atoms with E-state index < -0.39 is 11.0 Å². The van der Waals surface area contributed by atoms with Gasteiger partial charge in [0, 0.05) is 18.2 Å². The van der Waals surface area contributed by atoms with E-state index in [1.807, 2.05) is 0 Å². The van der Waals surface area contributed by atoms with E-state index in [9.17, 15) is 14.9 Å². The highest BCUT2D eigenvalue weighted by atomic mass is 16.6. The Hall–Kier alpha value is -3.69. The van der Waals surface area contributed by atoms with E-state index in [4.69, 9.17) is 18.9 Å². The Morgan fingerprint density at radius 3 is 1.96 bits per heavy atom. The van der Waals surface area contributed by atoms with E-state index in [1.54, 1.807) is 12.1 Å². The number of nitro groups is 1. The van der Waals surface area contributed by atoms with Gasteiger partial charge < -0.3 is 29.6 Å². The van der Waals surface area contributed by atoms with E-state index in [1.165, 1.54) is 46.6 Å². The highest BCUT2D eigenvalue weighted by Crippen LogP contribution is 2.40. The van der Waals surface area contributed by atoms with Crippen LogP contribution in [-0.2, 0) is 0 Å². The van der Waals surface area contributed by atoms with Crippen LogP contribution in [0.15, 0.2) is 30.3 Å². The average molecular weight is 377 g/mol. The van der Waals surface area contributed by atoms with Gasteiger partial charge in [-0.05, 0) is 6.07 Å². The molecule has 2 amide bonds. The summed E-state index contributed by atoms with van der Waals surface area (Å²) in [4.78, 5) is 22.6. The molecule has 10 nitrogen and oxygen atoms in total. The molecule has 0 unspecified atom stereocenters. The molecule has 0 aliphatic carbocycles. The van der Waals surface area contributed by atoms with Crippen LogP contribution in [0.3, 0.4) is 0 Å². The van der Waals surface area contributed by atoms with Gasteiger partial charge in [-0.3, -0.25) is 10.1 Å². The maximum atomic E-state index is 12.3. The summed E-state index contributed by atoms with van der Waals surface area (Å²) in [6.45, 7) is 0. The lowest BCUT2D eigenvalue weighted by Gasteiger charge is -2.15. The Balaban J connectivity index is 2.22. The van der Waals surface area contributed by atoms with Crippen LogP contribution in [0.2, 0.25) is 0 Å². The molecule has 0 fully saturated rings. The second kappa shape index (κ2) is 8.61. The van der Waals surface area contributed by atoms with E-state index in [0.717, 1.165) is 0 Å². The average Bonchev–Trinajstić information content (AvgIpc) is 2.66. The fourth-order valence-corrected chi connectivity index (χ4v) is 2.33. The third-order valence-corrected chi connectivity index (χ3v) is 3.57. The number of rotatable bonds is 7.